The Morgan fingerprint density at radius 2 is 0.913 bits per heavy atom. The van der Waals surface area contributed by atoms with Crippen molar-refractivity contribution >= 4 is 5.91 Å². The van der Waals surface area contributed by atoms with E-state index in [0.717, 1.165) is 64.2 Å². The van der Waals surface area contributed by atoms with Gasteiger partial charge >= 0.3 is 0 Å². The van der Waals surface area contributed by atoms with Crippen molar-refractivity contribution in [3.8, 4) is 0 Å². The van der Waals surface area contributed by atoms with Crippen molar-refractivity contribution in [2.24, 2.45) is 0 Å². The van der Waals surface area contributed by atoms with E-state index in [4.69, 9.17) is 28.4 Å². The molecule has 0 spiro atoms. The lowest BCUT2D eigenvalue weighted by molar-refractivity contribution is -0.379. The predicted octanol–water partition coefficient (Wildman–Crippen LogP) is 2.26. The molecule has 3 aliphatic heterocycles. The lowest BCUT2D eigenvalue weighted by atomic mass is 9.96. The largest absolute Gasteiger partial charge is 0.394 e. The maximum absolute atomic E-state index is 13.2. The van der Waals surface area contributed by atoms with Gasteiger partial charge in [0.05, 0.1) is 38.6 Å². The molecule has 406 valence electrons. The van der Waals surface area contributed by atoms with Gasteiger partial charge in [-0.25, -0.2) is 0 Å². The maximum atomic E-state index is 13.2. The minimum Gasteiger partial charge on any atom is -0.394 e. The fourth-order valence-electron chi connectivity index (χ4n) is 9.13. The third-order valence-electron chi connectivity index (χ3n) is 13.6. The van der Waals surface area contributed by atoms with E-state index in [1.54, 1.807) is 0 Å². The number of ether oxygens (including phenoxy) is 6. The van der Waals surface area contributed by atoms with Crippen LogP contribution >= 0.6 is 0 Å². The van der Waals surface area contributed by atoms with Gasteiger partial charge in [0.25, 0.3) is 0 Å². The van der Waals surface area contributed by atoms with Crippen LogP contribution in [0.5, 0.6) is 0 Å². The number of hydrogen-bond donors (Lipinski definition) is 12. The van der Waals surface area contributed by atoms with Gasteiger partial charge in [-0.05, 0) is 38.5 Å². The first-order valence-corrected chi connectivity index (χ1v) is 26.4. The number of rotatable bonds is 37. The van der Waals surface area contributed by atoms with Crippen molar-refractivity contribution in [2.45, 2.75) is 272 Å². The molecule has 0 saturated carbocycles. The molecule has 0 aromatic carbocycles. The van der Waals surface area contributed by atoms with Crippen molar-refractivity contribution in [1.29, 1.82) is 0 Å². The van der Waals surface area contributed by atoms with E-state index in [1.807, 2.05) is 0 Å². The molecule has 19 heteroatoms. The molecule has 3 saturated heterocycles. The van der Waals surface area contributed by atoms with Gasteiger partial charge in [0, 0.05) is 6.42 Å². The molecule has 19 nitrogen and oxygen atoms in total. The van der Waals surface area contributed by atoms with Gasteiger partial charge in [-0.3, -0.25) is 4.79 Å². The molecular formula is C50H93NO18. The van der Waals surface area contributed by atoms with E-state index < -0.39 is 124 Å². The number of aliphatic hydroxyl groups excluding tert-OH is 11. The van der Waals surface area contributed by atoms with Gasteiger partial charge < -0.3 is 89.9 Å². The minimum absolute atomic E-state index is 0.256. The molecule has 0 bridgehead atoms. The first-order chi connectivity index (χ1) is 33.3. The van der Waals surface area contributed by atoms with Gasteiger partial charge in [-0.2, -0.15) is 0 Å². The van der Waals surface area contributed by atoms with Crippen LogP contribution in [0.15, 0.2) is 12.2 Å². The number of aliphatic hydroxyl groups is 11. The summed E-state index contributed by atoms with van der Waals surface area (Å²) in [7, 11) is 0. The second kappa shape index (κ2) is 35.6. The summed E-state index contributed by atoms with van der Waals surface area (Å²) in [5.41, 5.74) is 0. The summed E-state index contributed by atoms with van der Waals surface area (Å²) in [4.78, 5) is 13.2. The normalized spacial score (nSPS) is 32.9. The average Bonchev–Trinajstić information content (AvgIpc) is 3.34. The van der Waals surface area contributed by atoms with Gasteiger partial charge in [0.2, 0.25) is 5.91 Å². The van der Waals surface area contributed by atoms with E-state index in [-0.39, 0.29) is 18.9 Å². The maximum Gasteiger partial charge on any atom is 0.220 e. The van der Waals surface area contributed by atoms with Crippen LogP contribution < -0.4 is 5.32 Å². The molecule has 1 amide bonds. The van der Waals surface area contributed by atoms with Crippen LogP contribution in [-0.4, -0.2) is 193 Å². The summed E-state index contributed by atoms with van der Waals surface area (Å²) in [5, 5.41) is 120. The van der Waals surface area contributed by atoms with Gasteiger partial charge in [0.1, 0.15) is 73.2 Å². The zero-order valence-corrected chi connectivity index (χ0v) is 41.5. The first kappa shape index (κ1) is 61.8. The van der Waals surface area contributed by atoms with Gasteiger partial charge in [-0.1, -0.05) is 135 Å². The third kappa shape index (κ3) is 21.5. The molecule has 3 heterocycles. The van der Waals surface area contributed by atoms with Crippen molar-refractivity contribution in [2.75, 3.05) is 26.4 Å². The fourth-order valence-corrected chi connectivity index (χ4v) is 9.13. The van der Waals surface area contributed by atoms with Crippen LogP contribution in [0.2, 0.25) is 0 Å². The van der Waals surface area contributed by atoms with E-state index >= 15 is 0 Å². The van der Waals surface area contributed by atoms with Crippen molar-refractivity contribution in [3.05, 3.63) is 12.2 Å². The molecule has 0 aromatic heterocycles. The van der Waals surface area contributed by atoms with Crippen LogP contribution in [-0.2, 0) is 33.2 Å². The number of carbonyl (C=O) groups excluding carboxylic acids is 1. The summed E-state index contributed by atoms with van der Waals surface area (Å²) >= 11 is 0. The number of carbonyl (C=O) groups is 1. The second-order valence-electron chi connectivity index (χ2n) is 19.3. The fraction of sp³-hybridized carbons (Fsp3) is 0.940. The van der Waals surface area contributed by atoms with Crippen LogP contribution in [0.4, 0.5) is 0 Å². The number of unbranched alkanes of at least 4 members (excludes halogenated alkanes) is 19. The third-order valence-corrected chi connectivity index (χ3v) is 13.6. The molecule has 0 radical (unpaired) electrons. The molecule has 12 N–H and O–H groups in total. The summed E-state index contributed by atoms with van der Waals surface area (Å²) < 4.78 is 34.1. The molecule has 3 aliphatic rings. The standard InChI is InChI=1S/C50H93NO18/c1-3-5-7-9-11-13-14-15-16-17-18-19-20-22-24-26-28-38(56)51-33(34(55)27-25-23-21-12-10-8-6-4-2)32-64-48-44(62)41(59)46(36(30-53)66-48)69-50-45(63)42(60)47(37(31-54)67-50)68-49-43(61)40(58)39(57)35(29-52)65-49/h16-17,33-37,39-50,52-55,57-63H,3-15,18-32H2,1-2H3,(H,51,56)/b17-16-. The van der Waals surface area contributed by atoms with E-state index in [2.05, 4.69) is 31.3 Å². The Kier molecular flexibility index (Phi) is 31.9. The highest BCUT2D eigenvalue weighted by atomic mass is 16.8. The number of allylic oxidation sites excluding steroid dienone is 2. The highest BCUT2D eigenvalue weighted by Crippen LogP contribution is 2.33. The van der Waals surface area contributed by atoms with E-state index in [0.29, 0.717) is 12.8 Å². The van der Waals surface area contributed by atoms with E-state index in [1.165, 1.54) is 70.6 Å². The Balaban J connectivity index is 1.52. The Morgan fingerprint density at radius 1 is 0.507 bits per heavy atom. The predicted molar refractivity (Wildman–Crippen MR) is 254 cm³/mol. The molecule has 0 aromatic rings. The second-order valence-corrected chi connectivity index (χ2v) is 19.3. The Labute approximate surface area is 410 Å². The number of amides is 1. The van der Waals surface area contributed by atoms with Crippen molar-refractivity contribution in [3.63, 3.8) is 0 Å². The first-order valence-electron chi connectivity index (χ1n) is 26.4. The van der Waals surface area contributed by atoms with Crippen molar-refractivity contribution in [1.82, 2.24) is 5.32 Å². The van der Waals surface area contributed by atoms with Crippen molar-refractivity contribution < 1.29 is 89.4 Å². The summed E-state index contributed by atoms with van der Waals surface area (Å²) in [6.45, 7) is 1.71. The van der Waals surface area contributed by atoms with Crippen LogP contribution in [0.25, 0.3) is 0 Å². The lowest BCUT2D eigenvalue weighted by Gasteiger charge is -2.48. The van der Waals surface area contributed by atoms with Crippen LogP contribution in [0.1, 0.15) is 168 Å². The molecule has 0 aliphatic carbocycles. The molecule has 69 heavy (non-hydrogen) atoms. The van der Waals surface area contributed by atoms with Crippen LogP contribution in [0, 0.1) is 0 Å². The zero-order chi connectivity index (χ0) is 50.6. The monoisotopic (exact) mass is 996 g/mol. The highest BCUT2D eigenvalue weighted by Gasteiger charge is 2.53. The lowest BCUT2D eigenvalue weighted by Crippen LogP contribution is -2.66. The Bertz CT molecular complexity index is 1330. The number of hydrogen-bond acceptors (Lipinski definition) is 18. The molecular weight excluding hydrogens is 903 g/mol. The smallest absolute Gasteiger partial charge is 0.220 e. The Morgan fingerprint density at radius 3 is 1.41 bits per heavy atom. The zero-order valence-electron chi connectivity index (χ0n) is 41.5. The van der Waals surface area contributed by atoms with Crippen LogP contribution in [0.3, 0.4) is 0 Å². The summed E-state index contributed by atoms with van der Waals surface area (Å²) in [6.07, 6.45) is 3.39. The highest BCUT2D eigenvalue weighted by molar-refractivity contribution is 5.76. The Hall–Kier alpha value is -1.47. The summed E-state index contributed by atoms with van der Waals surface area (Å²) in [5.74, 6) is -0.256. The SMILES string of the molecule is CCCCCCCCC/C=C\CCCCCCCC(=O)NC(COC1OC(CO)C(OC2OC(CO)C(OC3OC(CO)C(O)C(O)C3O)C(O)C2O)C(O)C1O)C(O)CCCCCCCCCC. The molecule has 3 rings (SSSR count). The average molecular weight is 996 g/mol. The van der Waals surface area contributed by atoms with Gasteiger partial charge in [-0.15, -0.1) is 0 Å². The minimum atomic E-state index is -1.97. The van der Waals surface area contributed by atoms with E-state index in [9.17, 15) is 61.0 Å². The topological polar surface area (TPSA) is 307 Å². The molecule has 3 fully saturated rings. The quantitative estimate of drug-likeness (QED) is 0.0314. The number of nitrogens with one attached hydrogen (secondary N) is 1. The molecule has 17 unspecified atom stereocenters. The summed E-state index contributed by atoms with van der Waals surface area (Å²) in [6, 6.07) is -0.884. The molecule has 17 atom stereocenters. The van der Waals surface area contributed by atoms with Gasteiger partial charge in [0.15, 0.2) is 18.9 Å².